The molecule has 3 aliphatic rings. The quantitative estimate of drug-likeness (QED) is 0.300. The molecule has 0 bridgehead atoms. The fourth-order valence-electron chi connectivity index (χ4n) is 4.14. The molecule has 1 aliphatic carbocycles. The molecule has 0 spiro atoms. The molecular formula is C22H30F2O5. The van der Waals surface area contributed by atoms with E-state index in [0.29, 0.717) is 31.4 Å². The fourth-order valence-corrected chi connectivity index (χ4v) is 4.14. The number of esters is 1. The minimum Gasteiger partial charge on any atom is -0.455 e. The Morgan fingerprint density at radius 1 is 1.31 bits per heavy atom. The van der Waals surface area contributed by atoms with Crippen molar-refractivity contribution in [3.8, 4) is 0 Å². The number of alkyl halides is 2. The molecular weight excluding hydrogens is 382 g/mol. The first-order chi connectivity index (χ1) is 13.9. The zero-order chi connectivity index (χ0) is 20.9. The van der Waals surface area contributed by atoms with Gasteiger partial charge < -0.3 is 14.2 Å². The van der Waals surface area contributed by atoms with Gasteiger partial charge in [0.2, 0.25) is 5.78 Å². The molecule has 29 heavy (non-hydrogen) atoms. The molecule has 0 aromatic rings. The van der Waals surface area contributed by atoms with E-state index in [2.05, 4.69) is 0 Å². The van der Waals surface area contributed by atoms with Crippen LogP contribution < -0.4 is 0 Å². The zero-order valence-electron chi connectivity index (χ0n) is 16.9. The van der Waals surface area contributed by atoms with Gasteiger partial charge in [-0.3, -0.25) is 4.79 Å². The Morgan fingerprint density at radius 3 is 2.86 bits per heavy atom. The van der Waals surface area contributed by atoms with Crippen LogP contribution in [0, 0.1) is 5.92 Å². The minimum absolute atomic E-state index is 0.324. The topological polar surface area (TPSA) is 61.8 Å². The van der Waals surface area contributed by atoms with E-state index in [1.807, 2.05) is 6.92 Å². The van der Waals surface area contributed by atoms with Gasteiger partial charge in [-0.2, -0.15) is 8.78 Å². The van der Waals surface area contributed by atoms with Crippen LogP contribution in [0.5, 0.6) is 0 Å². The third kappa shape index (κ3) is 5.72. The maximum absolute atomic E-state index is 14.2. The summed E-state index contributed by atoms with van der Waals surface area (Å²) < 4.78 is 45.3. The first-order valence-electron chi connectivity index (χ1n) is 10.7. The number of carbonyl (C=O) groups excluding carboxylic acids is 2. The third-order valence-corrected chi connectivity index (χ3v) is 5.77. The second-order valence-electron chi connectivity index (χ2n) is 8.04. The van der Waals surface area contributed by atoms with Crippen LogP contribution in [0.25, 0.3) is 0 Å². The van der Waals surface area contributed by atoms with Crippen LogP contribution in [0.15, 0.2) is 23.8 Å². The molecule has 7 heteroatoms. The molecule has 3 rings (SSSR count). The lowest BCUT2D eigenvalue weighted by Gasteiger charge is -2.28. The van der Waals surface area contributed by atoms with Gasteiger partial charge in [0.1, 0.15) is 6.10 Å². The number of fused-ring (bicyclic) bond motifs is 1. The van der Waals surface area contributed by atoms with Crippen molar-refractivity contribution in [2.75, 3.05) is 6.61 Å². The van der Waals surface area contributed by atoms with Gasteiger partial charge in [-0.05, 0) is 37.3 Å². The number of hydrogen-bond donors (Lipinski definition) is 0. The van der Waals surface area contributed by atoms with Gasteiger partial charge in [-0.15, -0.1) is 0 Å². The first-order valence-corrected chi connectivity index (χ1v) is 10.7. The molecule has 1 saturated heterocycles. The van der Waals surface area contributed by atoms with E-state index in [9.17, 15) is 18.4 Å². The maximum Gasteiger partial charge on any atom is 0.331 e. The summed E-state index contributed by atoms with van der Waals surface area (Å²) in [6.45, 7) is 2.63. The molecule has 2 fully saturated rings. The number of hydrogen-bond acceptors (Lipinski definition) is 5. The van der Waals surface area contributed by atoms with E-state index < -0.39 is 36.1 Å². The predicted octanol–water partition coefficient (Wildman–Crippen LogP) is 4.50. The number of carbonyl (C=O) groups is 2. The zero-order valence-corrected chi connectivity index (χ0v) is 16.9. The molecule has 0 radical (unpaired) electrons. The summed E-state index contributed by atoms with van der Waals surface area (Å²) in [6.07, 6.45) is 8.25. The molecule has 4 atom stereocenters. The van der Waals surface area contributed by atoms with Crippen LogP contribution >= 0.6 is 0 Å². The number of ether oxygens (including phenoxy) is 3. The van der Waals surface area contributed by atoms with E-state index in [1.54, 1.807) is 0 Å². The summed E-state index contributed by atoms with van der Waals surface area (Å²) in [7, 11) is 0. The van der Waals surface area contributed by atoms with Crippen molar-refractivity contribution in [2.45, 2.75) is 89.1 Å². The summed E-state index contributed by atoms with van der Waals surface area (Å²) in [5.74, 6) is -5.46. The van der Waals surface area contributed by atoms with Gasteiger partial charge in [0.25, 0.3) is 0 Å². The summed E-state index contributed by atoms with van der Waals surface area (Å²) >= 11 is 0. The van der Waals surface area contributed by atoms with Gasteiger partial charge >= 0.3 is 11.9 Å². The van der Waals surface area contributed by atoms with Crippen molar-refractivity contribution in [1.82, 2.24) is 0 Å². The average molecular weight is 412 g/mol. The Labute approximate surface area is 170 Å². The van der Waals surface area contributed by atoms with Crippen LogP contribution in [0.2, 0.25) is 0 Å². The smallest absolute Gasteiger partial charge is 0.331 e. The molecule has 5 nitrogen and oxygen atoms in total. The van der Waals surface area contributed by atoms with Crippen molar-refractivity contribution >= 4 is 11.8 Å². The highest BCUT2D eigenvalue weighted by Gasteiger charge is 2.45. The molecule has 0 aromatic heterocycles. The van der Waals surface area contributed by atoms with Crippen molar-refractivity contribution in [3.05, 3.63) is 23.8 Å². The number of halogens is 2. The van der Waals surface area contributed by atoms with E-state index in [-0.39, 0.29) is 12.4 Å². The summed E-state index contributed by atoms with van der Waals surface area (Å²) in [5.41, 5.74) is 0.686. The minimum atomic E-state index is -3.37. The van der Waals surface area contributed by atoms with Gasteiger partial charge in [-0.1, -0.05) is 32.3 Å². The van der Waals surface area contributed by atoms with Gasteiger partial charge in [0.05, 0.1) is 6.10 Å². The Balaban J connectivity index is 1.64. The largest absolute Gasteiger partial charge is 0.455 e. The monoisotopic (exact) mass is 412 g/mol. The van der Waals surface area contributed by atoms with Gasteiger partial charge in [0.15, 0.2) is 6.29 Å². The van der Waals surface area contributed by atoms with Crippen molar-refractivity contribution in [3.63, 3.8) is 0 Å². The van der Waals surface area contributed by atoms with Crippen molar-refractivity contribution in [1.29, 1.82) is 0 Å². The highest BCUT2D eigenvalue weighted by Crippen LogP contribution is 2.41. The van der Waals surface area contributed by atoms with Crippen LogP contribution in [-0.4, -0.2) is 42.8 Å². The molecule has 0 N–H and O–H groups in total. The molecule has 162 valence electrons. The lowest BCUT2D eigenvalue weighted by molar-refractivity contribution is -0.192. The highest BCUT2D eigenvalue weighted by atomic mass is 19.3. The molecule has 4 unspecified atom stereocenters. The normalized spacial score (nSPS) is 29.8. The Bertz CT molecular complexity index is 652. The van der Waals surface area contributed by atoms with E-state index in [4.69, 9.17) is 14.2 Å². The number of allylic oxidation sites excluding steroid dienone is 1. The Kier molecular flexibility index (Phi) is 7.57. The number of rotatable bonds is 10. The molecule has 0 aromatic carbocycles. The summed E-state index contributed by atoms with van der Waals surface area (Å²) in [5, 5.41) is 0. The van der Waals surface area contributed by atoms with Crippen LogP contribution in [-0.2, 0) is 23.8 Å². The Hall–Kier alpha value is -1.60. The van der Waals surface area contributed by atoms with E-state index in [0.717, 1.165) is 38.2 Å². The summed E-state index contributed by atoms with van der Waals surface area (Å²) in [6, 6.07) is 0. The molecule has 1 saturated carbocycles. The van der Waals surface area contributed by atoms with E-state index in [1.165, 1.54) is 12.2 Å². The molecule has 2 aliphatic heterocycles. The van der Waals surface area contributed by atoms with Crippen LogP contribution in [0.3, 0.4) is 0 Å². The third-order valence-electron chi connectivity index (χ3n) is 5.77. The fraction of sp³-hybridized carbons (Fsp3) is 0.727. The summed E-state index contributed by atoms with van der Waals surface area (Å²) in [4.78, 5) is 23.7. The van der Waals surface area contributed by atoms with Crippen LogP contribution in [0.4, 0.5) is 8.78 Å². The lowest BCUT2D eigenvalue weighted by atomic mass is 9.97. The van der Waals surface area contributed by atoms with Crippen molar-refractivity contribution < 1.29 is 32.6 Å². The van der Waals surface area contributed by atoms with Gasteiger partial charge in [-0.25, -0.2) is 4.79 Å². The Morgan fingerprint density at radius 2 is 2.14 bits per heavy atom. The van der Waals surface area contributed by atoms with Crippen molar-refractivity contribution in [2.24, 2.45) is 5.92 Å². The lowest BCUT2D eigenvalue weighted by Crippen LogP contribution is -2.30. The van der Waals surface area contributed by atoms with Crippen LogP contribution in [0.1, 0.15) is 64.7 Å². The number of unbranched alkanes of at least 4 members (excludes halogenated alkanes) is 3. The SMILES string of the molecule is CCCCCCC(F)(F)C(=O)/C=C/C1C2=CC(=O)OC2CC1OC1CCCCO1. The van der Waals surface area contributed by atoms with E-state index >= 15 is 0 Å². The predicted molar refractivity (Wildman–Crippen MR) is 102 cm³/mol. The molecule has 2 heterocycles. The standard InChI is InChI=1S/C22H30F2O5/c1-2-3-4-6-11-22(23,24)19(25)10-9-15-16-13-20(26)28-18(16)14-17(15)29-21-8-5-7-12-27-21/h9-10,13,15,17-18,21H,2-8,11-12,14H2,1H3/b10-9+. The second kappa shape index (κ2) is 9.94. The average Bonchev–Trinajstić information content (AvgIpc) is 3.19. The second-order valence-corrected chi connectivity index (χ2v) is 8.04. The number of ketones is 1. The maximum atomic E-state index is 14.2. The first kappa shape index (κ1) is 22.1. The molecule has 0 amide bonds. The van der Waals surface area contributed by atoms with Gasteiger partial charge in [0, 0.05) is 31.4 Å². The highest BCUT2D eigenvalue weighted by molar-refractivity contribution is 5.95.